The second-order valence-electron chi connectivity index (χ2n) is 8.10. The van der Waals surface area contributed by atoms with Crippen LogP contribution in [0.4, 0.5) is 0 Å². The molecule has 1 N–H and O–H groups in total. The number of carbonyl (C=O) groups is 1. The van der Waals surface area contributed by atoms with Crippen LogP contribution in [0.2, 0.25) is 0 Å². The molecule has 5 heteroatoms. The first-order chi connectivity index (χ1) is 15.2. The van der Waals surface area contributed by atoms with Gasteiger partial charge in [0.25, 0.3) is 0 Å². The van der Waals surface area contributed by atoms with Gasteiger partial charge in [0.2, 0.25) is 0 Å². The fourth-order valence-corrected chi connectivity index (χ4v) is 4.53. The average molecular weight is 425 g/mol. The Hall–Kier alpha value is -2.37. The molecular weight excluding hydrogens is 388 g/mol. The molecular formula is C26H36N2O3. The van der Waals surface area contributed by atoms with Gasteiger partial charge >= 0.3 is 5.97 Å². The lowest BCUT2D eigenvalue weighted by molar-refractivity contribution is -0.143. The van der Waals surface area contributed by atoms with Crippen LogP contribution in [-0.2, 0) is 16.1 Å². The lowest BCUT2D eigenvalue weighted by Crippen LogP contribution is -2.48. The number of rotatable bonds is 11. The van der Waals surface area contributed by atoms with Crippen LogP contribution in [0.1, 0.15) is 56.2 Å². The molecule has 168 valence electrons. The Kier molecular flexibility index (Phi) is 9.38. The Morgan fingerprint density at radius 1 is 1.10 bits per heavy atom. The average Bonchev–Trinajstić information content (AvgIpc) is 2.81. The minimum Gasteiger partial charge on any atom is -0.496 e. The molecule has 1 saturated heterocycles. The number of methoxy groups -OCH3 is 1. The number of unbranched alkanes of at least 4 members (excludes halogenated alkanes) is 1. The highest BCUT2D eigenvalue weighted by Crippen LogP contribution is 2.32. The molecule has 31 heavy (non-hydrogen) atoms. The van der Waals surface area contributed by atoms with Crippen molar-refractivity contribution in [2.24, 2.45) is 0 Å². The molecule has 1 fully saturated rings. The van der Waals surface area contributed by atoms with E-state index in [0.717, 1.165) is 44.6 Å². The lowest BCUT2D eigenvalue weighted by atomic mass is 9.89. The predicted octanol–water partition coefficient (Wildman–Crippen LogP) is 4.72. The fraction of sp³-hybridized carbons (Fsp3) is 0.500. The second kappa shape index (κ2) is 12.5. The molecule has 1 heterocycles. The summed E-state index contributed by atoms with van der Waals surface area (Å²) < 4.78 is 10.6. The van der Waals surface area contributed by atoms with E-state index in [1.54, 1.807) is 7.11 Å². The molecule has 0 saturated carbocycles. The van der Waals surface area contributed by atoms with Gasteiger partial charge in [-0.1, -0.05) is 48.5 Å². The maximum absolute atomic E-state index is 11.6. The van der Waals surface area contributed by atoms with Crippen molar-refractivity contribution in [3.05, 3.63) is 65.7 Å². The first-order valence-corrected chi connectivity index (χ1v) is 11.5. The van der Waals surface area contributed by atoms with Crippen LogP contribution < -0.4 is 10.1 Å². The maximum atomic E-state index is 11.6. The van der Waals surface area contributed by atoms with Crippen LogP contribution in [0.5, 0.6) is 5.75 Å². The van der Waals surface area contributed by atoms with Crippen molar-refractivity contribution in [2.75, 3.05) is 26.8 Å². The predicted molar refractivity (Wildman–Crippen MR) is 124 cm³/mol. The number of ether oxygens (including phenoxy) is 2. The number of esters is 1. The summed E-state index contributed by atoms with van der Waals surface area (Å²) in [6, 6.07) is 19.7. The Morgan fingerprint density at radius 2 is 1.87 bits per heavy atom. The number of piperidine rings is 1. The molecule has 3 rings (SSSR count). The van der Waals surface area contributed by atoms with Crippen molar-refractivity contribution in [1.82, 2.24) is 10.2 Å². The van der Waals surface area contributed by atoms with E-state index >= 15 is 0 Å². The van der Waals surface area contributed by atoms with Gasteiger partial charge in [0.1, 0.15) is 5.75 Å². The monoisotopic (exact) mass is 424 g/mol. The summed E-state index contributed by atoms with van der Waals surface area (Å²) in [5, 5.41) is 3.82. The summed E-state index contributed by atoms with van der Waals surface area (Å²) in [6.07, 6.45) is 4.70. The van der Waals surface area contributed by atoms with E-state index < -0.39 is 0 Å². The van der Waals surface area contributed by atoms with E-state index in [9.17, 15) is 4.79 Å². The molecule has 0 unspecified atom stereocenters. The quantitative estimate of drug-likeness (QED) is 0.418. The van der Waals surface area contributed by atoms with Crippen molar-refractivity contribution in [3.63, 3.8) is 0 Å². The van der Waals surface area contributed by atoms with Gasteiger partial charge in [0.15, 0.2) is 0 Å². The molecule has 2 aromatic carbocycles. The molecule has 0 amide bonds. The van der Waals surface area contributed by atoms with Crippen molar-refractivity contribution >= 4 is 5.97 Å². The van der Waals surface area contributed by atoms with E-state index in [1.807, 2.05) is 19.1 Å². The second-order valence-corrected chi connectivity index (χ2v) is 8.10. The number of nitrogens with one attached hydrogen (secondary N) is 1. The van der Waals surface area contributed by atoms with E-state index in [4.69, 9.17) is 9.47 Å². The molecule has 2 aromatic rings. The summed E-state index contributed by atoms with van der Waals surface area (Å²) in [7, 11) is 1.73. The molecule has 0 radical (unpaired) electrons. The zero-order valence-electron chi connectivity index (χ0n) is 18.9. The third kappa shape index (κ3) is 6.81. The van der Waals surface area contributed by atoms with Gasteiger partial charge in [0.05, 0.1) is 19.8 Å². The van der Waals surface area contributed by atoms with Gasteiger partial charge in [-0.3, -0.25) is 9.69 Å². The fourth-order valence-electron chi connectivity index (χ4n) is 4.53. The number of carbonyl (C=O) groups excluding carboxylic acids is 1. The van der Waals surface area contributed by atoms with Crippen molar-refractivity contribution < 1.29 is 14.3 Å². The van der Waals surface area contributed by atoms with Crippen molar-refractivity contribution in [2.45, 2.75) is 57.7 Å². The zero-order valence-corrected chi connectivity index (χ0v) is 18.9. The third-order valence-corrected chi connectivity index (χ3v) is 6.00. The molecule has 0 aromatic heterocycles. The minimum atomic E-state index is -0.0860. The first-order valence-electron chi connectivity index (χ1n) is 11.5. The van der Waals surface area contributed by atoms with Gasteiger partial charge in [-0.15, -0.1) is 0 Å². The molecule has 0 bridgehead atoms. The van der Waals surface area contributed by atoms with Crippen LogP contribution in [0, 0.1) is 0 Å². The van der Waals surface area contributed by atoms with Gasteiger partial charge in [-0.2, -0.15) is 0 Å². The Balaban J connectivity index is 1.65. The van der Waals surface area contributed by atoms with Crippen molar-refractivity contribution in [3.8, 4) is 5.75 Å². The summed E-state index contributed by atoms with van der Waals surface area (Å²) >= 11 is 0. The molecule has 5 nitrogen and oxygen atoms in total. The number of likely N-dealkylation sites (tertiary alicyclic amines) is 1. The summed E-state index contributed by atoms with van der Waals surface area (Å²) in [4.78, 5) is 14.2. The van der Waals surface area contributed by atoms with Crippen molar-refractivity contribution in [1.29, 1.82) is 0 Å². The highest BCUT2D eigenvalue weighted by molar-refractivity contribution is 5.69. The number of hydrogen-bond acceptors (Lipinski definition) is 5. The van der Waals surface area contributed by atoms with E-state index in [-0.39, 0.29) is 5.97 Å². The third-order valence-electron chi connectivity index (χ3n) is 6.00. The summed E-state index contributed by atoms with van der Waals surface area (Å²) in [5.41, 5.74) is 2.54. The molecule has 0 aliphatic carbocycles. The van der Waals surface area contributed by atoms with Crippen LogP contribution in [-0.4, -0.2) is 43.7 Å². The van der Waals surface area contributed by atoms with Gasteiger partial charge in [-0.25, -0.2) is 0 Å². The van der Waals surface area contributed by atoms with Crippen LogP contribution in [0.25, 0.3) is 0 Å². The topological polar surface area (TPSA) is 50.8 Å². The Labute approximate surface area is 186 Å². The SMILES string of the molecule is CCOC(=O)CCCCN1CCC[C@H](NCc2ccccc2OC)[C@@H]1c1ccccc1. The van der Waals surface area contributed by atoms with Gasteiger partial charge < -0.3 is 14.8 Å². The number of benzene rings is 2. The highest BCUT2D eigenvalue weighted by Gasteiger charge is 2.32. The Morgan fingerprint density at radius 3 is 2.65 bits per heavy atom. The summed E-state index contributed by atoms with van der Waals surface area (Å²) in [5.74, 6) is 0.843. The highest BCUT2D eigenvalue weighted by atomic mass is 16.5. The van der Waals surface area contributed by atoms with Crippen LogP contribution >= 0.6 is 0 Å². The smallest absolute Gasteiger partial charge is 0.305 e. The van der Waals surface area contributed by atoms with Crippen LogP contribution in [0.3, 0.4) is 0 Å². The largest absolute Gasteiger partial charge is 0.496 e. The minimum absolute atomic E-state index is 0.0860. The lowest BCUT2D eigenvalue weighted by Gasteiger charge is -2.42. The maximum Gasteiger partial charge on any atom is 0.305 e. The zero-order chi connectivity index (χ0) is 21.9. The normalized spacial score (nSPS) is 19.2. The van der Waals surface area contributed by atoms with Gasteiger partial charge in [-0.05, 0) is 57.3 Å². The molecule has 0 spiro atoms. The summed E-state index contributed by atoms with van der Waals surface area (Å²) in [6.45, 7) is 5.18. The van der Waals surface area contributed by atoms with E-state index in [0.29, 0.717) is 25.1 Å². The first kappa shape index (κ1) is 23.3. The van der Waals surface area contributed by atoms with Crippen LogP contribution in [0.15, 0.2) is 54.6 Å². The van der Waals surface area contributed by atoms with Gasteiger partial charge in [0, 0.05) is 24.6 Å². The number of para-hydroxylation sites is 1. The van der Waals surface area contributed by atoms with E-state index in [2.05, 4.69) is 52.7 Å². The molecule has 2 atom stereocenters. The molecule has 1 aliphatic heterocycles. The standard InChI is InChI=1S/C26H36N2O3/c1-3-31-25(29)17-9-10-18-28-19-11-15-23(26(28)21-12-5-4-6-13-21)27-20-22-14-7-8-16-24(22)30-2/h4-8,12-14,16,23,26-27H,3,9-11,15,17-20H2,1-2H3/t23-,26-/m0/s1. The molecule has 1 aliphatic rings. The Bertz CT molecular complexity index is 796. The number of hydrogen-bond donors (Lipinski definition) is 1. The number of nitrogens with zero attached hydrogens (tertiary/aromatic N) is 1. The van der Waals surface area contributed by atoms with E-state index in [1.165, 1.54) is 17.5 Å².